The molecule has 1 aliphatic rings. The maximum absolute atomic E-state index is 14.0. The lowest BCUT2D eigenvalue weighted by molar-refractivity contribution is 0.00446. The van der Waals surface area contributed by atoms with Gasteiger partial charge in [-0.25, -0.2) is 9.37 Å². The number of hydrogen-bond donors (Lipinski definition) is 5. The molecule has 0 aromatic carbocycles. The Morgan fingerprint density at radius 2 is 2.07 bits per heavy atom. The van der Waals surface area contributed by atoms with Crippen LogP contribution in [-0.4, -0.2) is 55.1 Å². The minimum absolute atomic E-state index is 0.0332. The van der Waals surface area contributed by atoms with Crippen LogP contribution in [0.5, 0.6) is 0 Å². The predicted molar refractivity (Wildman–Crippen MR) is 99.0 cm³/mol. The number of hydrogen-bond acceptors (Lipinski definition) is 9. The van der Waals surface area contributed by atoms with Gasteiger partial charge in [0.25, 0.3) is 0 Å². The van der Waals surface area contributed by atoms with Gasteiger partial charge in [-0.2, -0.15) is 4.98 Å². The Morgan fingerprint density at radius 1 is 1.29 bits per heavy atom. The lowest BCUT2D eigenvalue weighted by Gasteiger charge is -2.20. The Hall–Kier alpha value is -2.53. The van der Waals surface area contributed by atoms with Gasteiger partial charge >= 0.3 is 0 Å². The zero-order chi connectivity index (χ0) is 20.0. The Labute approximate surface area is 163 Å². The van der Waals surface area contributed by atoms with E-state index in [1.807, 2.05) is 0 Å². The molecule has 0 aliphatic heterocycles. The zero-order valence-electron chi connectivity index (χ0n) is 14.4. The highest BCUT2D eigenvalue weighted by atomic mass is 35.5. The van der Waals surface area contributed by atoms with E-state index in [-0.39, 0.29) is 45.8 Å². The Balaban J connectivity index is 1.77. The molecule has 9 nitrogen and oxygen atoms in total. The van der Waals surface area contributed by atoms with Gasteiger partial charge in [-0.15, -0.1) is 0 Å². The van der Waals surface area contributed by atoms with E-state index in [1.54, 1.807) is 0 Å². The number of rotatable bonds is 4. The average Bonchev–Trinajstić information content (AvgIpc) is 3.18. The van der Waals surface area contributed by atoms with Crippen LogP contribution in [0.4, 0.5) is 16.2 Å². The third kappa shape index (κ3) is 3.14. The van der Waals surface area contributed by atoms with Crippen molar-refractivity contribution in [1.29, 1.82) is 0 Å². The number of aliphatic hydroxyl groups excluding tert-OH is 3. The van der Waals surface area contributed by atoms with Crippen LogP contribution in [0.2, 0.25) is 5.15 Å². The monoisotopic (exact) mass is 409 g/mol. The number of pyridine rings is 1. The summed E-state index contributed by atoms with van der Waals surface area (Å²) in [5.41, 5.74) is 6.13. The van der Waals surface area contributed by atoms with Crippen molar-refractivity contribution < 1.29 is 24.1 Å². The van der Waals surface area contributed by atoms with Crippen LogP contribution in [0.1, 0.15) is 6.42 Å². The quantitative estimate of drug-likeness (QED) is 0.400. The maximum Gasteiger partial charge on any atom is 0.223 e. The molecule has 11 heteroatoms. The number of halogens is 2. The number of nitrogens with one attached hydrogen (secondary N) is 1. The van der Waals surface area contributed by atoms with E-state index in [4.69, 9.17) is 21.8 Å². The van der Waals surface area contributed by atoms with Crippen molar-refractivity contribution >= 4 is 34.3 Å². The number of fused-ring (bicyclic) bond motifs is 1. The topological polar surface area (TPSA) is 151 Å². The molecule has 0 saturated heterocycles. The van der Waals surface area contributed by atoms with Gasteiger partial charge in [0, 0.05) is 12.5 Å². The van der Waals surface area contributed by atoms with Gasteiger partial charge in [0.05, 0.1) is 35.5 Å². The minimum atomic E-state index is -1.14. The number of aromatic nitrogens is 3. The first-order chi connectivity index (χ1) is 13.4. The summed E-state index contributed by atoms with van der Waals surface area (Å²) in [5, 5.41) is 32.8. The Morgan fingerprint density at radius 3 is 2.75 bits per heavy atom. The van der Waals surface area contributed by atoms with E-state index in [9.17, 15) is 19.7 Å². The summed E-state index contributed by atoms with van der Waals surface area (Å²) in [6, 6.07) is 0.813. The number of nitrogens with zero attached hydrogens (tertiary/aromatic N) is 3. The highest BCUT2D eigenvalue weighted by molar-refractivity contribution is 6.32. The summed E-state index contributed by atoms with van der Waals surface area (Å²) in [7, 11) is 0. The molecule has 4 rings (SSSR count). The molecule has 1 saturated carbocycles. The Kier molecular flexibility index (Phi) is 4.79. The van der Waals surface area contributed by atoms with Crippen molar-refractivity contribution in [1.82, 2.24) is 15.0 Å². The van der Waals surface area contributed by atoms with Crippen molar-refractivity contribution in [3.05, 3.63) is 29.4 Å². The van der Waals surface area contributed by atoms with Gasteiger partial charge in [-0.05, 0) is 12.5 Å². The SMILES string of the molecule is Nc1nc(Cl)c(-c2cc3c(F)cncc3o2)c(N[C@@H]2C[C@H](CO)[C@@H](O)[C@H]2O)n1. The van der Waals surface area contributed by atoms with Gasteiger partial charge < -0.3 is 30.8 Å². The van der Waals surface area contributed by atoms with E-state index >= 15 is 0 Å². The first-order valence-electron chi connectivity index (χ1n) is 8.49. The molecular formula is C17H17ClFN5O4. The summed E-state index contributed by atoms with van der Waals surface area (Å²) in [4.78, 5) is 11.8. The fraction of sp³-hybridized carbons (Fsp3) is 0.353. The molecule has 1 fully saturated rings. The van der Waals surface area contributed by atoms with Gasteiger partial charge in [0.2, 0.25) is 5.95 Å². The highest BCUT2D eigenvalue weighted by Crippen LogP contribution is 2.38. The number of aliphatic hydroxyl groups is 3. The van der Waals surface area contributed by atoms with Gasteiger partial charge in [0.1, 0.15) is 22.8 Å². The van der Waals surface area contributed by atoms with Crippen LogP contribution in [0, 0.1) is 11.7 Å². The second-order valence-electron chi connectivity index (χ2n) is 6.65. The van der Waals surface area contributed by atoms with E-state index in [2.05, 4.69) is 20.3 Å². The minimum Gasteiger partial charge on any atom is -0.454 e. The van der Waals surface area contributed by atoms with Crippen molar-refractivity contribution in [2.24, 2.45) is 5.92 Å². The van der Waals surface area contributed by atoms with Crippen LogP contribution in [-0.2, 0) is 0 Å². The second-order valence-corrected chi connectivity index (χ2v) is 7.01. The van der Waals surface area contributed by atoms with Crippen molar-refractivity contribution in [3.63, 3.8) is 0 Å². The molecule has 0 spiro atoms. The first kappa shape index (κ1) is 18.8. The number of nitrogens with two attached hydrogens (primary N) is 1. The average molecular weight is 410 g/mol. The molecule has 0 bridgehead atoms. The third-order valence-electron chi connectivity index (χ3n) is 4.88. The third-order valence-corrected chi connectivity index (χ3v) is 5.16. The normalized spacial score (nSPS) is 24.8. The molecule has 1 aliphatic carbocycles. The lowest BCUT2D eigenvalue weighted by Crippen LogP contribution is -2.35. The Bertz CT molecular complexity index is 1030. The number of anilines is 2. The number of furan rings is 1. The summed E-state index contributed by atoms with van der Waals surface area (Å²) in [6.45, 7) is -0.272. The summed E-state index contributed by atoms with van der Waals surface area (Å²) < 4.78 is 19.6. The van der Waals surface area contributed by atoms with Crippen molar-refractivity contribution in [2.75, 3.05) is 17.7 Å². The second kappa shape index (κ2) is 7.13. The molecule has 0 unspecified atom stereocenters. The summed E-state index contributed by atoms with van der Waals surface area (Å²) >= 11 is 6.25. The molecule has 4 atom stereocenters. The first-order valence-corrected chi connectivity index (χ1v) is 8.86. The predicted octanol–water partition coefficient (Wildman–Crippen LogP) is 1.17. The van der Waals surface area contributed by atoms with Crippen LogP contribution < -0.4 is 11.1 Å². The summed E-state index contributed by atoms with van der Waals surface area (Å²) in [6.07, 6.45) is 0.486. The van der Waals surface area contributed by atoms with Crippen LogP contribution >= 0.6 is 11.6 Å². The van der Waals surface area contributed by atoms with Crippen LogP contribution in [0.3, 0.4) is 0 Å². The van der Waals surface area contributed by atoms with E-state index in [1.165, 1.54) is 12.3 Å². The molecule has 3 heterocycles. The van der Waals surface area contributed by atoms with Gasteiger partial charge in [0.15, 0.2) is 11.4 Å². The molecule has 6 N–H and O–H groups in total. The van der Waals surface area contributed by atoms with E-state index in [0.717, 1.165) is 6.20 Å². The fourth-order valence-corrected chi connectivity index (χ4v) is 3.72. The molecule has 3 aromatic rings. The van der Waals surface area contributed by atoms with Crippen LogP contribution in [0.25, 0.3) is 22.3 Å². The summed E-state index contributed by atoms with van der Waals surface area (Å²) in [5.74, 6) is -0.834. The standard InChI is InChI=1S/C17H17ClFN5O4/c18-15-12(10-2-7-8(19)3-21-4-11(7)28-10)16(24-17(20)23-15)22-9-1-6(5-25)13(26)14(9)27/h2-4,6,9,13-14,25-27H,1,5H2,(H3,20,22,23,24)/t6-,9-,13-,14+/m1/s1. The largest absolute Gasteiger partial charge is 0.454 e. The molecule has 3 aromatic heterocycles. The highest BCUT2D eigenvalue weighted by Gasteiger charge is 2.41. The zero-order valence-corrected chi connectivity index (χ0v) is 15.1. The number of nitrogen functional groups attached to an aromatic ring is 1. The molecule has 148 valence electrons. The van der Waals surface area contributed by atoms with Crippen molar-refractivity contribution in [3.8, 4) is 11.3 Å². The van der Waals surface area contributed by atoms with E-state index < -0.39 is 30.0 Å². The smallest absolute Gasteiger partial charge is 0.223 e. The maximum atomic E-state index is 14.0. The fourth-order valence-electron chi connectivity index (χ4n) is 3.45. The van der Waals surface area contributed by atoms with Gasteiger partial charge in [-0.1, -0.05) is 11.6 Å². The van der Waals surface area contributed by atoms with Crippen LogP contribution in [0.15, 0.2) is 22.9 Å². The van der Waals surface area contributed by atoms with Crippen molar-refractivity contribution in [2.45, 2.75) is 24.7 Å². The molecular weight excluding hydrogens is 393 g/mol. The molecule has 28 heavy (non-hydrogen) atoms. The molecule has 0 amide bonds. The van der Waals surface area contributed by atoms with E-state index in [0.29, 0.717) is 6.42 Å². The lowest BCUT2D eigenvalue weighted by atomic mass is 10.1. The van der Waals surface area contributed by atoms with Gasteiger partial charge in [-0.3, -0.25) is 4.98 Å². The molecule has 0 radical (unpaired) electrons.